The molecule has 1 N–H and O–H groups in total. The Hall–Kier alpha value is -4.10. The number of anilines is 1. The number of rotatable bonds is 7. The molecule has 260 valence electrons. The molecule has 0 aliphatic carbocycles. The van der Waals surface area contributed by atoms with E-state index in [1.807, 2.05) is 6.07 Å². The van der Waals surface area contributed by atoms with E-state index < -0.39 is 9.84 Å². The van der Waals surface area contributed by atoms with Crippen molar-refractivity contribution >= 4 is 38.4 Å². The second-order valence-corrected chi connectivity index (χ2v) is 14.5. The average molecular weight is 682 g/mol. The molecule has 1 atom stereocenters. The SMILES string of the molecule is CCN1CCN(C(=O)Cc2ccc(S(C)(=O)=O)cc2)CCC(=O)NCC2CCCN(C2)c2nc3cc(OC)c(OC)c(OC)c3cc2C1. The first-order valence-corrected chi connectivity index (χ1v) is 18.4. The number of methoxy groups -OCH3 is 3. The van der Waals surface area contributed by atoms with Gasteiger partial charge >= 0.3 is 0 Å². The molecule has 12 nitrogen and oxygen atoms in total. The first-order chi connectivity index (χ1) is 23.0. The molecule has 0 saturated carbocycles. The molecule has 2 aliphatic rings. The Labute approximate surface area is 283 Å². The molecule has 0 radical (unpaired) electrons. The maximum absolute atomic E-state index is 13.6. The third kappa shape index (κ3) is 8.12. The Morgan fingerprint density at radius 3 is 2.42 bits per heavy atom. The maximum Gasteiger partial charge on any atom is 0.227 e. The smallest absolute Gasteiger partial charge is 0.227 e. The molecule has 0 spiro atoms. The van der Waals surface area contributed by atoms with E-state index in [0.29, 0.717) is 55.5 Å². The molecule has 2 amide bonds. The number of fused-ring (bicyclic) bond motifs is 5. The summed E-state index contributed by atoms with van der Waals surface area (Å²) < 4.78 is 40.9. The summed E-state index contributed by atoms with van der Waals surface area (Å²) in [6.45, 7) is 6.92. The van der Waals surface area contributed by atoms with Crippen LogP contribution in [0.4, 0.5) is 5.82 Å². The Bertz CT molecular complexity index is 1730. The van der Waals surface area contributed by atoms with Gasteiger partial charge in [-0.05, 0) is 49.1 Å². The maximum atomic E-state index is 13.6. The number of nitrogens with one attached hydrogen (secondary N) is 1. The summed E-state index contributed by atoms with van der Waals surface area (Å²) in [5, 5.41) is 3.94. The molecule has 2 aromatic carbocycles. The van der Waals surface area contributed by atoms with Crippen LogP contribution in [-0.2, 0) is 32.4 Å². The van der Waals surface area contributed by atoms with Crippen LogP contribution < -0.4 is 24.4 Å². The van der Waals surface area contributed by atoms with Crippen LogP contribution in [0, 0.1) is 5.92 Å². The molecule has 3 heterocycles. The lowest BCUT2D eigenvalue weighted by molar-refractivity contribution is -0.131. The quantitative estimate of drug-likeness (QED) is 0.397. The van der Waals surface area contributed by atoms with Crippen molar-refractivity contribution in [3.05, 3.63) is 47.5 Å². The topological polar surface area (TPSA) is 131 Å². The summed E-state index contributed by atoms with van der Waals surface area (Å²) in [5.41, 5.74) is 2.49. The number of benzene rings is 2. The van der Waals surface area contributed by atoms with Crippen LogP contribution in [0.1, 0.15) is 37.3 Å². The molecule has 13 heteroatoms. The van der Waals surface area contributed by atoms with Crippen molar-refractivity contribution in [3.8, 4) is 17.2 Å². The Morgan fingerprint density at radius 2 is 1.75 bits per heavy atom. The van der Waals surface area contributed by atoms with Crippen molar-refractivity contribution in [1.82, 2.24) is 20.1 Å². The summed E-state index contributed by atoms with van der Waals surface area (Å²) in [6, 6.07) is 10.4. The van der Waals surface area contributed by atoms with Gasteiger partial charge in [-0.2, -0.15) is 0 Å². The highest BCUT2D eigenvalue weighted by molar-refractivity contribution is 7.90. The highest BCUT2D eigenvalue weighted by atomic mass is 32.2. The normalized spacial score (nSPS) is 18.4. The van der Waals surface area contributed by atoms with E-state index in [4.69, 9.17) is 19.2 Å². The number of piperidine rings is 1. The lowest BCUT2D eigenvalue weighted by atomic mass is 9.97. The molecule has 3 aromatic rings. The zero-order chi connectivity index (χ0) is 34.4. The van der Waals surface area contributed by atoms with E-state index in [1.165, 1.54) is 12.1 Å². The Kier molecular flexibility index (Phi) is 11.3. The Balaban J connectivity index is 1.48. The van der Waals surface area contributed by atoms with E-state index in [9.17, 15) is 18.0 Å². The third-order valence-electron chi connectivity index (χ3n) is 9.28. The summed E-state index contributed by atoms with van der Waals surface area (Å²) in [4.78, 5) is 38.4. The lowest BCUT2D eigenvalue weighted by Gasteiger charge is -2.35. The second kappa shape index (κ2) is 15.4. The van der Waals surface area contributed by atoms with Crippen LogP contribution >= 0.6 is 0 Å². The summed E-state index contributed by atoms with van der Waals surface area (Å²) in [5.74, 6) is 2.56. The number of nitrogens with zero attached hydrogens (tertiary/aromatic N) is 4. The van der Waals surface area contributed by atoms with Crippen LogP contribution in [0.15, 0.2) is 41.3 Å². The lowest BCUT2D eigenvalue weighted by Crippen LogP contribution is -2.42. The first-order valence-electron chi connectivity index (χ1n) is 16.5. The number of likely N-dealkylation sites (N-methyl/N-ethyl adjacent to an activating group) is 1. The molecule has 2 aliphatic heterocycles. The van der Waals surface area contributed by atoms with E-state index in [0.717, 1.165) is 61.0 Å². The fraction of sp³-hybridized carbons (Fsp3) is 0.514. The van der Waals surface area contributed by atoms with Crippen LogP contribution in [0.25, 0.3) is 10.9 Å². The van der Waals surface area contributed by atoms with E-state index >= 15 is 0 Å². The van der Waals surface area contributed by atoms with E-state index in [-0.39, 0.29) is 35.5 Å². The molecule has 1 unspecified atom stereocenters. The van der Waals surface area contributed by atoms with Gasteiger partial charge < -0.3 is 29.3 Å². The molecular formula is C35H47N5O7S. The molecule has 1 fully saturated rings. The fourth-order valence-electron chi connectivity index (χ4n) is 6.57. The fourth-order valence-corrected chi connectivity index (χ4v) is 7.20. The van der Waals surface area contributed by atoms with Crippen LogP contribution in [0.2, 0.25) is 0 Å². The predicted octanol–water partition coefficient (Wildman–Crippen LogP) is 3.29. The predicted molar refractivity (Wildman–Crippen MR) is 185 cm³/mol. The summed E-state index contributed by atoms with van der Waals surface area (Å²) in [6.07, 6.45) is 3.46. The highest BCUT2D eigenvalue weighted by Gasteiger charge is 2.27. The van der Waals surface area contributed by atoms with Gasteiger partial charge in [0.25, 0.3) is 0 Å². The molecule has 1 aromatic heterocycles. The zero-order valence-corrected chi connectivity index (χ0v) is 29.4. The van der Waals surface area contributed by atoms with Gasteiger partial charge in [0.1, 0.15) is 5.82 Å². The van der Waals surface area contributed by atoms with E-state index in [1.54, 1.807) is 38.4 Å². The van der Waals surface area contributed by atoms with Gasteiger partial charge in [-0.25, -0.2) is 13.4 Å². The minimum absolute atomic E-state index is 0.0812. The minimum atomic E-state index is -3.34. The minimum Gasteiger partial charge on any atom is -0.493 e. The first kappa shape index (κ1) is 35.2. The van der Waals surface area contributed by atoms with Crippen molar-refractivity contribution in [3.63, 3.8) is 0 Å². The molecular weight excluding hydrogens is 634 g/mol. The number of aromatic nitrogens is 1. The van der Waals surface area contributed by atoms with Crippen molar-refractivity contribution in [1.29, 1.82) is 0 Å². The number of sulfone groups is 1. The molecule has 48 heavy (non-hydrogen) atoms. The van der Waals surface area contributed by atoms with Gasteiger partial charge in [0, 0.05) is 75.5 Å². The number of ether oxygens (including phenoxy) is 3. The summed E-state index contributed by atoms with van der Waals surface area (Å²) >= 11 is 0. The van der Waals surface area contributed by atoms with Gasteiger partial charge in [-0.15, -0.1) is 0 Å². The summed E-state index contributed by atoms with van der Waals surface area (Å²) in [7, 11) is 1.46. The van der Waals surface area contributed by atoms with Crippen molar-refractivity contribution in [2.75, 3.05) is 78.3 Å². The highest BCUT2D eigenvalue weighted by Crippen LogP contribution is 2.44. The number of hydrogen-bond acceptors (Lipinski definition) is 10. The van der Waals surface area contributed by atoms with Gasteiger partial charge in [0.15, 0.2) is 21.3 Å². The molecule has 2 bridgehead atoms. The van der Waals surface area contributed by atoms with Gasteiger partial charge in [0.2, 0.25) is 17.6 Å². The van der Waals surface area contributed by atoms with Crippen molar-refractivity contribution in [2.24, 2.45) is 5.92 Å². The van der Waals surface area contributed by atoms with Crippen molar-refractivity contribution in [2.45, 2.75) is 44.0 Å². The van der Waals surface area contributed by atoms with Gasteiger partial charge in [0.05, 0.1) is 38.2 Å². The number of amides is 2. The largest absolute Gasteiger partial charge is 0.493 e. The number of carbonyl (C=O) groups is 2. The third-order valence-corrected chi connectivity index (χ3v) is 10.4. The standard InChI is InChI=1S/C35H47N5O7S/c1-6-38-16-17-39(32(42)18-24-9-11-27(12-10-24)48(5,43)44)15-13-31(41)36-21-25-8-7-14-40(22-25)35-26(23-38)19-28-29(37-35)20-30(45-2)34(47-4)33(28)46-3/h9-12,19-20,25H,6-8,13-18,21-23H2,1-5H3,(H,36,41). The van der Waals surface area contributed by atoms with Crippen LogP contribution in [0.3, 0.4) is 0 Å². The number of carbonyl (C=O) groups excluding carboxylic acids is 2. The second-order valence-electron chi connectivity index (χ2n) is 12.5. The molecule has 1 saturated heterocycles. The van der Waals surface area contributed by atoms with Crippen LogP contribution in [0.5, 0.6) is 17.2 Å². The molecule has 5 rings (SSSR count). The average Bonchev–Trinajstić information content (AvgIpc) is 3.08. The van der Waals surface area contributed by atoms with E-state index in [2.05, 4.69) is 28.1 Å². The van der Waals surface area contributed by atoms with Crippen molar-refractivity contribution < 1.29 is 32.2 Å². The monoisotopic (exact) mass is 681 g/mol. The zero-order valence-electron chi connectivity index (χ0n) is 28.6. The van der Waals surface area contributed by atoms with Gasteiger partial charge in [-0.3, -0.25) is 14.5 Å². The Morgan fingerprint density at radius 1 is 1.00 bits per heavy atom. The van der Waals surface area contributed by atoms with Crippen LogP contribution in [-0.4, -0.2) is 108 Å². The number of pyridine rings is 1. The van der Waals surface area contributed by atoms with Gasteiger partial charge in [-0.1, -0.05) is 19.1 Å². The number of hydrogen-bond donors (Lipinski definition) is 1.